The van der Waals surface area contributed by atoms with Crippen molar-refractivity contribution in [3.63, 3.8) is 0 Å². The number of fused-ring (bicyclic) bond motifs is 2. The molecule has 4 rings (SSSR count). The summed E-state index contributed by atoms with van der Waals surface area (Å²) in [6.07, 6.45) is 2.75. The third-order valence-corrected chi connectivity index (χ3v) is 4.71. The van der Waals surface area contributed by atoms with E-state index in [4.69, 9.17) is 21.8 Å². The molecule has 0 radical (unpaired) electrons. The second kappa shape index (κ2) is 6.19. The van der Waals surface area contributed by atoms with Crippen molar-refractivity contribution in [2.45, 2.75) is 19.3 Å². The van der Waals surface area contributed by atoms with Gasteiger partial charge in [-0.15, -0.1) is 0 Å². The predicted octanol–water partition coefficient (Wildman–Crippen LogP) is 4.50. The Morgan fingerprint density at radius 2 is 1.96 bits per heavy atom. The average Bonchev–Trinajstić information content (AvgIpc) is 3.08. The molecule has 1 N–H and O–H groups in total. The average molecular weight is 348 g/mol. The minimum absolute atomic E-state index is 0.169. The number of nitriles is 1. The van der Waals surface area contributed by atoms with Gasteiger partial charge in [0.25, 0.3) is 5.91 Å². The maximum atomic E-state index is 13.0. The minimum Gasteiger partial charge on any atom is -0.322 e. The molecule has 25 heavy (non-hydrogen) atoms. The van der Waals surface area contributed by atoms with Gasteiger partial charge in [-0.1, -0.05) is 11.6 Å². The summed E-state index contributed by atoms with van der Waals surface area (Å²) >= 11 is 6.15. The number of nitrogens with zero attached hydrogens (tertiary/aromatic N) is 2. The Kier molecular flexibility index (Phi) is 3.87. The minimum atomic E-state index is -0.169. The van der Waals surface area contributed by atoms with Crippen LogP contribution >= 0.6 is 11.6 Å². The number of carbonyl (C=O) groups excluding carboxylic acids is 1. The van der Waals surface area contributed by atoms with E-state index in [1.54, 1.807) is 36.4 Å². The van der Waals surface area contributed by atoms with E-state index < -0.39 is 0 Å². The van der Waals surface area contributed by atoms with Crippen LogP contribution in [-0.4, -0.2) is 10.9 Å². The Bertz CT molecular complexity index is 1040. The van der Waals surface area contributed by atoms with Crippen LogP contribution in [0, 0.1) is 11.3 Å². The third kappa shape index (κ3) is 2.84. The fourth-order valence-electron chi connectivity index (χ4n) is 3.32. The van der Waals surface area contributed by atoms with Crippen LogP contribution in [0.3, 0.4) is 0 Å². The van der Waals surface area contributed by atoms with Crippen molar-refractivity contribution in [3.05, 3.63) is 69.9 Å². The Labute approximate surface area is 150 Å². The molecule has 0 spiro atoms. The second-order valence-electron chi connectivity index (χ2n) is 6.07. The summed E-state index contributed by atoms with van der Waals surface area (Å²) in [6, 6.07) is 14.3. The van der Waals surface area contributed by atoms with Crippen LogP contribution in [0.25, 0.3) is 10.9 Å². The van der Waals surface area contributed by atoms with Gasteiger partial charge in [-0.05, 0) is 67.3 Å². The molecule has 0 bridgehead atoms. The monoisotopic (exact) mass is 347 g/mol. The first-order valence-corrected chi connectivity index (χ1v) is 8.46. The quantitative estimate of drug-likeness (QED) is 0.742. The molecule has 0 saturated carbocycles. The Hall–Kier alpha value is -2.90. The molecule has 0 aliphatic heterocycles. The van der Waals surface area contributed by atoms with Gasteiger partial charge in [-0.25, -0.2) is 0 Å². The molecule has 0 fully saturated rings. The van der Waals surface area contributed by atoms with Crippen molar-refractivity contribution < 1.29 is 4.79 Å². The lowest BCUT2D eigenvalue weighted by molar-refractivity contribution is 0.102. The van der Waals surface area contributed by atoms with E-state index in [0.29, 0.717) is 21.8 Å². The highest BCUT2D eigenvalue weighted by Crippen LogP contribution is 2.32. The lowest BCUT2D eigenvalue weighted by Gasteiger charge is -2.13. The van der Waals surface area contributed by atoms with Crippen molar-refractivity contribution in [2.75, 3.05) is 5.32 Å². The van der Waals surface area contributed by atoms with E-state index in [1.807, 2.05) is 6.07 Å². The molecule has 5 heteroatoms. The number of anilines is 1. The number of rotatable bonds is 2. The molecule has 1 heterocycles. The second-order valence-corrected chi connectivity index (χ2v) is 6.51. The number of aryl methyl sites for hydroxylation is 1. The maximum Gasteiger partial charge on any atom is 0.256 e. The van der Waals surface area contributed by atoms with E-state index in [0.717, 1.165) is 41.4 Å². The van der Waals surface area contributed by atoms with Gasteiger partial charge in [0.1, 0.15) is 0 Å². The largest absolute Gasteiger partial charge is 0.322 e. The standard InChI is InChI=1S/C20H14ClN3O/c21-13-6-9-18-16(10-13)19(15-2-1-3-17(15)24-18)20(25)23-14-7-4-12(11-22)5-8-14/h4-10H,1-3H2,(H,23,25). The van der Waals surface area contributed by atoms with E-state index >= 15 is 0 Å². The van der Waals surface area contributed by atoms with Gasteiger partial charge in [-0.2, -0.15) is 5.26 Å². The summed E-state index contributed by atoms with van der Waals surface area (Å²) in [5, 5.41) is 13.2. The van der Waals surface area contributed by atoms with Gasteiger partial charge in [-0.3, -0.25) is 9.78 Å². The molecular formula is C20H14ClN3O. The number of aromatic nitrogens is 1. The van der Waals surface area contributed by atoms with Crippen LogP contribution < -0.4 is 5.32 Å². The van der Waals surface area contributed by atoms with Gasteiger partial charge in [0.15, 0.2) is 0 Å². The van der Waals surface area contributed by atoms with Gasteiger partial charge in [0.2, 0.25) is 0 Å². The van der Waals surface area contributed by atoms with Crippen LogP contribution in [0.2, 0.25) is 5.02 Å². The molecule has 3 aromatic rings. The number of benzene rings is 2. The van der Waals surface area contributed by atoms with Crippen molar-refractivity contribution in [1.82, 2.24) is 4.98 Å². The zero-order chi connectivity index (χ0) is 17.4. The number of hydrogen-bond donors (Lipinski definition) is 1. The summed E-state index contributed by atoms with van der Waals surface area (Å²) in [5.41, 5.74) is 4.67. The predicted molar refractivity (Wildman–Crippen MR) is 97.9 cm³/mol. The lowest BCUT2D eigenvalue weighted by Crippen LogP contribution is -2.15. The normalized spacial score (nSPS) is 12.6. The highest BCUT2D eigenvalue weighted by Gasteiger charge is 2.24. The first-order valence-electron chi connectivity index (χ1n) is 8.08. The molecule has 0 unspecified atom stereocenters. The highest BCUT2D eigenvalue weighted by atomic mass is 35.5. The molecule has 2 aromatic carbocycles. The van der Waals surface area contributed by atoms with E-state index in [-0.39, 0.29) is 5.91 Å². The number of carbonyl (C=O) groups is 1. The summed E-state index contributed by atoms with van der Waals surface area (Å²) < 4.78 is 0. The summed E-state index contributed by atoms with van der Waals surface area (Å²) in [7, 11) is 0. The van der Waals surface area contributed by atoms with Gasteiger partial charge in [0.05, 0.1) is 22.7 Å². The van der Waals surface area contributed by atoms with E-state index in [9.17, 15) is 4.79 Å². The molecule has 122 valence electrons. The third-order valence-electron chi connectivity index (χ3n) is 4.47. The number of pyridine rings is 1. The van der Waals surface area contributed by atoms with Crippen molar-refractivity contribution >= 4 is 34.1 Å². The molecule has 4 nitrogen and oxygen atoms in total. The smallest absolute Gasteiger partial charge is 0.256 e. The SMILES string of the molecule is N#Cc1ccc(NC(=O)c2c3c(nc4ccc(Cl)cc24)CCC3)cc1. The molecular weight excluding hydrogens is 334 g/mol. The van der Waals surface area contributed by atoms with Crippen LogP contribution in [0.5, 0.6) is 0 Å². The van der Waals surface area contributed by atoms with Crippen molar-refractivity contribution in [2.24, 2.45) is 0 Å². The Morgan fingerprint density at radius 3 is 2.72 bits per heavy atom. The molecule has 1 aliphatic carbocycles. The fourth-order valence-corrected chi connectivity index (χ4v) is 3.49. The number of hydrogen-bond acceptors (Lipinski definition) is 3. The zero-order valence-electron chi connectivity index (χ0n) is 13.3. The number of halogens is 1. The van der Waals surface area contributed by atoms with Crippen LogP contribution in [0.1, 0.15) is 33.6 Å². The molecule has 0 saturated heterocycles. The Balaban J connectivity index is 1.80. The summed E-state index contributed by atoms with van der Waals surface area (Å²) in [5.74, 6) is -0.169. The van der Waals surface area contributed by atoms with E-state index in [2.05, 4.69) is 11.4 Å². The van der Waals surface area contributed by atoms with Crippen LogP contribution in [0.15, 0.2) is 42.5 Å². The summed E-state index contributed by atoms with van der Waals surface area (Å²) in [6.45, 7) is 0. The number of nitrogens with one attached hydrogen (secondary N) is 1. The van der Waals surface area contributed by atoms with Gasteiger partial charge in [0, 0.05) is 21.8 Å². The lowest BCUT2D eigenvalue weighted by atomic mass is 10.0. The van der Waals surface area contributed by atoms with Gasteiger partial charge < -0.3 is 5.32 Å². The fraction of sp³-hybridized carbons (Fsp3) is 0.150. The molecule has 1 aliphatic rings. The first kappa shape index (κ1) is 15.6. The molecule has 1 aromatic heterocycles. The van der Waals surface area contributed by atoms with Crippen LogP contribution in [-0.2, 0) is 12.8 Å². The van der Waals surface area contributed by atoms with Crippen LogP contribution in [0.4, 0.5) is 5.69 Å². The van der Waals surface area contributed by atoms with Crippen molar-refractivity contribution in [3.8, 4) is 6.07 Å². The van der Waals surface area contributed by atoms with Gasteiger partial charge >= 0.3 is 0 Å². The first-order chi connectivity index (χ1) is 12.2. The van der Waals surface area contributed by atoms with Crippen molar-refractivity contribution in [1.29, 1.82) is 5.26 Å². The van der Waals surface area contributed by atoms with E-state index in [1.165, 1.54) is 0 Å². The topological polar surface area (TPSA) is 65.8 Å². The zero-order valence-corrected chi connectivity index (χ0v) is 14.1. The number of amides is 1. The molecule has 0 atom stereocenters. The highest BCUT2D eigenvalue weighted by molar-refractivity contribution is 6.31. The summed E-state index contributed by atoms with van der Waals surface area (Å²) in [4.78, 5) is 17.7. The Morgan fingerprint density at radius 1 is 1.16 bits per heavy atom. The maximum absolute atomic E-state index is 13.0. The molecule has 1 amide bonds.